The molecule has 2 rings (SSSR count). The fraction of sp³-hybridized carbons (Fsp3) is 0.133. The molecule has 0 heterocycles. The second kappa shape index (κ2) is 6.57. The van der Waals surface area contributed by atoms with Crippen LogP contribution in [0.2, 0.25) is 0 Å². The molecule has 1 N–H and O–H groups in total. The van der Waals surface area contributed by atoms with E-state index in [4.69, 9.17) is 0 Å². The Labute approximate surface area is 133 Å². The second-order valence-electron chi connectivity index (χ2n) is 4.94. The number of hydrogen-bond donors (Lipinski definition) is 1. The number of nitrogens with one attached hydrogen (secondary N) is 1. The lowest BCUT2D eigenvalue weighted by molar-refractivity contribution is -0.384. The number of urea groups is 1. The zero-order valence-corrected chi connectivity index (χ0v) is 13.4. The van der Waals surface area contributed by atoms with Gasteiger partial charge in [0.15, 0.2) is 0 Å². The number of non-ortho nitro benzene ring substituents is 1. The van der Waals surface area contributed by atoms with Crippen LogP contribution in [0, 0.1) is 17.0 Å². The Kier molecular flexibility index (Phi) is 4.75. The van der Waals surface area contributed by atoms with E-state index in [2.05, 4.69) is 9.68 Å². The van der Waals surface area contributed by atoms with E-state index in [9.17, 15) is 19.1 Å². The molecule has 0 aliphatic rings. The van der Waals surface area contributed by atoms with Gasteiger partial charge in [0.1, 0.15) is 0 Å². The minimum absolute atomic E-state index is 0.118. The Morgan fingerprint density at radius 3 is 2.22 bits per heavy atom. The monoisotopic (exact) mass is 333 g/mol. The molecule has 2 amide bonds. The number of aryl methyl sites for hydroxylation is 1. The van der Waals surface area contributed by atoms with Crippen molar-refractivity contribution in [2.75, 3.05) is 11.6 Å². The third kappa shape index (κ3) is 4.36. The number of nitrogens with zero attached hydrogens (tertiary/aromatic N) is 2. The summed E-state index contributed by atoms with van der Waals surface area (Å²) in [6.07, 6.45) is 1.31. The van der Waals surface area contributed by atoms with Gasteiger partial charge in [0.25, 0.3) is 5.69 Å². The van der Waals surface area contributed by atoms with Gasteiger partial charge in [-0.3, -0.25) is 10.1 Å². The predicted molar refractivity (Wildman–Crippen MR) is 88.1 cm³/mol. The highest BCUT2D eigenvalue weighted by Crippen LogP contribution is 2.18. The molecule has 1 unspecified atom stereocenters. The predicted octanol–water partition coefficient (Wildman–Crippen LogP) is 3.59. The molecule has 0 saturated carbocycles. The molecule has 120 valence electrons. The summed E-state index contributed by atoms with van der Waals surface area (Å²) in [4.78, 5) is 22.2. The zero-order valence-electron chi connectivity index (χ0n) is 12.6. The molecule has 1 atom stereocenters. The fourth-order valence-corrected chi connectivity index (χ4v) is 2.92. The molecule has 0 radical (unpaired) electrons. The molecule has 0 spiro atoms. The van der Waals surface area contributed by atoms with Gasteiger partial charge < -0.3 is 5.32 Å². The van der Waals surface area contributed by atoms with Crippen LogP contribution in [0.25, 0.3) is 0 Å². The van der Waals surface area contributed by atoms with E-state index in [0.717, 1.165) is 5.56 Å². The molecule has 0 fully saturated rings. The van der Waals surface area contributed by atoms with Crippen LogP contribution in [0.1, 0.15) is 5.56 Å². The number of nitro groups is 1. The Balaban J connectivity index is 2.21. The van der Waals surface area contributed by atoms with Gasteiger partial charge in [0, 0.05) is 29.0 Å². The molecule has 0 bridgehead atoms. The zero-order chi connectivity index (χ0) is 17.0. The summed E-state index contributed by atoms with van der Waals surface area (Å²) in [6, 6.07) is 11.5. The van der Waals surface area contributed by atoms with Crippen LogP contribution in [0.4, 0.5) is 16.2 Å². The smallest absolute Gasteiger partial charge is 0.306 e. The van der Waals surface area contributed by atoms with Gasteiger partial charge in [-0.1, -0.05) is 17.7 Å². The van der Waals surface area contributed by atoms with E-state index >= 15 is 0 Å². The first-order valence-electron chi connectivity index (χ1n) is 6.62. The first kappa shape index (κ1) is 16.6. The van der Waals surface area contributed by atoms with E-state index in [-0.39, 0.29) is 10.6 Å². The lowest BCUT2D eigenvalue weighted by atomic mass is 10.2. The number of carbonyl (C=O) groups is 1. The summed E-state index contributed by atoms with van der Waals surface area (Å²) < 4.78 is 16.2. The molecule has 0 aliphatic carbocycles. The minimum atomic E-state index is -2.99. The molecule has 2 aromatic carbocycles. The van der Waals surface area contributed by atoms with Crippen molar-refractivity contribution in [3.05, 3.63) is 64.2 Å². The largest absolute Gasteiger partial charge is 0.353 e. The number of carbonyl (C=O) groups excluding carboxylic acids is 1. The number of anilines is 1. The van der Waals surface area contributed by atoms with Crippen LogP contribution in [-0.2, 0) is 9.73 Å². The molecule has 0 aromatic heterocycles. The SMILES string of the molecule is Cc1ccc(NC(=O)N=S(C)(=O)c2ccc([N+](=O)[O-])cc2)cc1. The average Bonchev–Trinajstić information content (AvgIpc) is 2.49. The van der Waals surface area contributed by atoms with Crippen LogP contribution in [-0.4, -0.2) is 21.4 Å². The van der Waals surface area contributed by atoms with Crippen molar-refractivity contribution < 1.29 is 13.9 Å². The quantitative estimate of drug-likeness (QED) is 0.685. The van der Waals surface area contributed by atoms with Crippen molar-refractivity contribution in [2.45, 2.75) is 11.8 Å². The minimum Gasteiger partial charge on any atom is -0.306 e. The van der Waals surface area contributed by atoms with E-state index in [1.807, 2.05) is 19.1 Å². The van der Waals surface area contributed by atoms with Gasteiger partial charge in [-0.05, 0) is 31.2 Å². The van der Waals surface area contributed by atoms with Gasteiger partial charge in [-0.15, -0.1) is 4.36 Å². The number of amides is 2. The molecular formula is C15H15N3O4S. The number of hydrogen-bond acceptors (Lipinski definition) is 4. The van der Waals surface area contributed by atoms with Crippen molar-refractivity contribution in [3.63, 3.8) is 0 Å². The second-order valence-corrected chi connectivity index (χ2v) is 7.20. The van der Waals surface area contributed by atoms with Crippen molar-refractivity contribution in [2.24, 2.45) is 4.36 Å². The lowest BCUT2D eigenvalue weighted by Gasteiger charge is -2.05. The Morgan fingerprint density at radius 1 is 1.13 bits per heavy atom. The summed E-state index contributed by atoms with van der Waals surface area (Å²) in [5.74, 6) is 0. The summed E-state index contributed by atoms with van der Waals surface area (Å²) in [7, 11) is -2.99. The highest BCUT2D eigenvalue weighted by atomic mass is 32.2. The molecule has 8 heteroatoms. The van der Waals surface area contributed by atoms with Crippen LogP contribution in [0.3, 0.4) is 0 Å². The maximum absolute atomic E-state index is 12.5. The first-order chi connectivity index (χ1) is 10.8. The maximum Gasteiger partial charge on any atom is 0.353 e. The van der Waals surface area contributed by atoms with Crippen molar-refractivity contribution >= 4 is 27.1 Å². The lowest BCUT2D eigenvalue weighted by Crippen LogP contribution is -2.10. The van der Waals surface area contributed by atoms with Gasteiger partial charge in [-0.2, -0.15) is 0 Å². The van der Waals surface area contributed by atoms with Crippen LogP contribution < -0.4 is 5.32 Å². The molecule has 23 heavy (non-hydrogen) atoms. The average molecular weight is 333 g/mol. The third-order valence-electron chi connectivity index (χ3n) is 3.04. The standard InChI is InChI=1S/C15H15N3O4S/c1-11-3-5-12(6-4-11)16-15(19)17-23(2,22)14-9-7-13(8-10-14)18(20)21/h3-10H,1-2H3,(H,16,19). The number of benzene rings is 2. The van der Waals surface area contributed by atoms with Crippen LogP contribution in [0.15, 0.2) is 57.8 Å². The first-order valence-corrected chi connectivity index (χ1v) is 8.54. The fourth-order valence-electron chi connectivity index (χ4n) is 1.81. The highest BCUT2D eigenvalue weighted by molar-refractivity contribution is 7.93. The Bertz CT molecular complexity index is 851. The van der Waals surface area contributed by atoms with Crippen LogP contribution in [0.5, 0.6) is 0 Å². The summed E-state index contributed by atoms with van der Waals surface area (Å²) in [5.41, 5.74) is 1.47. The van der Waals surface area contributed by atoms with Gasteiger partial charge in [0.05, 0.1) is 14.7 Å². The summed E-state index contributed by atoms with van der Waals surface area (Å²) >= 11 is 0. The molecule has 2 aromatic rings. The third-order valence-corrected chi connectivity index (χ3v) is 4.71. The molecule has 0 saturated heterocycles. The van der Waals surface area contributed by atoms with Crippen molar-refractivity contribution in [1.29, 1.82) is 0 Å². The van der Waals surface area contributed by atoms with E-state index < -0.39 is 20.7 Å². The normalized spacial score (nSPS) is 13.0. The molecule has 7 nitrogen and oxygen atoms in total. The van der Waals surface area contributed by atoms with Crippen LogP contribution >= 0.6 is 0 Å². The highest BCUT2D eigenvalue weighted by Gasteiger charge is 2.12. The van der Waals surface area contributed by atoms with Gasteiger partial charge >= 0.3 is 6.03 Å². The maximum atomic E-state index is 12.5. The van der Waals surface area contributed by atoms with Gasteiger partial charge in [0.2, 0.25) is 0 Å². The van der Waals surface area contributed by atoms with E-state index in [0.29, 0.717) is 5.69 Å². The van der Waals surface area contributed by atoms with Crippen molar-refractivity contribution in [1.82, 2.24) is 0 Å². The Hall–Kier alpha value is -2.74. The van der Waals surface area contributed by atoms with Crippen molar-refractivity contribution in [3.8, 4) is 0 Å². The van der Waals surface area contributed by atoms with Gasteiger partial charge in [-0.25, -0.2) is 9.00 Å². The summed E-state index contributed by atoms with van der Waals surface area (Å²) in [5, 5.41) is 13.1. The van der Waals surface area contributed by atoms with E-state index in [1.165, 1.54) is 30.5 Å². The molecule has 0 aliphatic heterocycles. The topological polar surface area (TPSA) is 102 Å². The summed E-state index contributed by atoms with van der Waals surface area (Å²) in [6.45, 7) is 1.92. The number of rotatable bonds is 3. The van der Waals surface area contributed by atoms with E-state index in [1.54, 1.807) is 12.1 Å². The molecular weight excluding hydrogens is 318 g/mol. The Morgan fingerprint density at radius 2 is 1.70 bits per heavy atom. The number of nitro benzene ring substituents is 1.